The molecule has 96 valence electrons. The lowest BCUT2D eigenvalue weighted by Crippen LogP contribution is -2.19. The van der Waals surface area contributed by atoms with Crippen LogP contribution in [0.4, 0.5) is 0 Å². The molecule has 1 aromatic carbocycles. The fourth-order valence-corrected chi connectivity index (χ4v) is 2.54. The van der Waals surface area contributed by atoms with Gasteiger partial charge in [-0.2, -0.15) is 0 Å². The Bertz CT molecular complexity index is 350. The summed E-state index contributed by atoms with van der Waals surface area (Å²) in [6, 6.07) is 6.61. The Labute approximate surface area is 118 Å². The molecule has 3 heteroatoms. The van der Waals surface area contributed by atoms with E-state index in [1.165, 1.54) is 24.8 Å². The van der Waals surface area contributed by atoms with Crippen LogP contribution in [-0.4, -0.2) is 7.05 Å². The van der Waals surface area contributed by atoms with E-state index < -0.39 is 0 Å². The quantitative estimate of drug-likeness (QED) is 0.761. The van der Waals surface area contributed by atoms with E-state index in [9.17, 15) is 0 Å². The van der Waals surface area contributed by atoms with Crippen molar-refractivity contribution in [3.05, 3.63) is 33.3 Å². The van der Waals surface area contributed by atoms with Gasteiger partial charge >= 0.3 is 0 Å². The molecular weight excluding hydrogens is 298 g/mol. The van der Waals surface area contributed by atoms with Crippen molar-refractivity contribution in [2.75, 3.05) is 7.05 Å². The smallest absolute Gasteiger partial charge is 0.0551 e. The molecule has 1 rings (SSSR count). The van der Waals surface area contributed by atoms with Crippen molar-refractivity contribution in [2.24, 2.45) is 5.92 Å². The zero-order valence-electron chi connectivity index (χ0n) is 10.8. The molecule has 0 heterocycles. The third-order valence-corrected chi connectivity index (χ3v) is 4.65. The van der Waals surface area contributed by atoms with Crippen LogP contribution < -0.4 is 5.32 Å². The van der Waals surface area contributed by atoms with Crippen LogP contribution >= 0.6 is 27.5 Å². The molecule has 0 radical (unpaired) electrons. The maximum Gasteiger partial charge on any atom is 0.0551 e. The molecule has 1 aromatic rings. The van der Waals surface area contributed by atoms with Crippen molar-refractivity contribution >= 4 is 27.5 Å². The molecule has 1 N–H and O–H groups in total. The van der Waals surface area contributed by atoms with Gasteiger partial charge in [0.25, 0.3) is 0 Å². The molecule has 0 bridgehead atoms. The molecule has 0 fully saturated rings. The molecule has 0 amide bonds. The summed E-state index contributed by atoms with van der Waals surface area (Å²) >= 11 is 9.57. The first-order valence-corrected chi connectivity index (χ1v) is 7.41. The number of rotatable bonds is 6. The molecule has 0 saturated heterocycles. The Balaban J connectivity index is 2.82. The van der Waals surface area contributed by atoms with Crippen molar-refractivity contribution < 1.29 is 0 Å². The van der Waals surface area contributed by atoms with Gasteiger partial charge in [0, 0.05) is 10.5 Å². The van der Waals surface area contributed by atoms with Gasteiger partial charge in [-0.1, -0.05) is 44.4 Å². The minimum absolute atomic E-state index is 0.394. The minimum Gasteiger partial charge on any atom is -0.313 e. The summed E-state index contributed by atoms with van der Waals surface area (Å²) < 4.78 is 0.959. The highest BCUT2D eigenvalue weighted by atomic mass is 79.9. The van der Waals surface area contributed by atoms with Gasteiger partial charge in [0.1, 0.15) is 0 Å². The van der Waals surface area contributed by atoms with E-state index in [0.29, 0.717) is 6.04 Å². The standard InChI is InChI=1S/C14H21BrClN/c1-4-10(5-2)8-14(17-3)11-6-7-12(15)13(16)9-11/h6-7,9-10,14,17H,4-5,8H2,1-3H3. The Morgan fingerprint density at radius 3 is 2.41 bits per heavy atom. The highest BCUT2D eigenvalue weighted by Gasteiger charge is 2.15. The van der Waals surface area contributed by atoms with E-state index in [0.717, 1.165) is 15.4 Å². The number of nitrogens with one attached hydrogen (secondary N) is 1. The van der Waals surface area contributed by atoms with Crippen molar-refractivity contribution in [3.8, 4) is 0 Å². The van der Waals surface area contributed by atoms with Gasteiger partial charge in [-0.3, -0.25) is 0 Å². The van der Waals surface area contributed by atoms with Crippen LogP contribution in [0.3, 0.4) is 0 Å². The molecule has 1 atom stereocenters. The van der Waals surface area contributed by atoms with Crippen LogP contribution in [-0.2, 0) is 0 Å². The lowest BCUT2D eigenvalue weighted by molar-refractivity contribution is 0.385. The lowest BCUT2D eigenvalue weighted by atomic mass is 9.91. The Kier molecular flexibility index (Phi) is 6.53. The van der Waals surface area contributed by atoms with Gasteiger partial charge < -0.3 is 5.32 Å². The highest BCUT2D eigenvalue weighted by molar-refractivity contribution is 9.10. The molecule has 0 aliphatic rings. The molecule has 0 aliphatic carbocycles. The van der Waals surface area contributed by atoms with E-state index in [1.807, 2.05) is 13.1 Å². The van der Waals surface area contributed by atoms with Gasteiger partial charge in [-0.05, 0) is 53.0 Å². The summed E-state index contributed by atoms with van der Waals surface area (Å²) in [5, 5.41) is 4.17. The number of halogens is 2. The number of benzene rings is 1. The van der Waals surface area contributed by atoms with Crippen molar-refractivity contribution in [1.82, 2.24) is 5.32 Å². The predicted octanol–water partition coefficient (Wildman–Crippen LogP) is 5.19. The first kappa shape index (κ1) is 15.0. The molecule has 0 saturated carbocycles. The molecule has 17 heavy (non-hydrogen) atoms. The fourth-order valence-electron chi connectivity index (χ4n) is 2.11. The first-order chi connectivity index (χ1) is 8.12. The van der Waals surface area contributed by atoms with Gasteiger partial charge in [0.2, 0.25) is 0 Å². The third kappa shape index (κ3) is 4.27. The van der Waals surface area contributed by atoms with E-state index in [1.54, 1.807) is 0 Å². The Hall–Kier alpha value is -0.0500. The highest BCUT2D eigenvalue weighted by Crippen LogP contribution is 2.30. The van der Waals surface area contributed by atoms with Crippen LogP contribution in [0.1, 0.15) is 44.7 Å². The van der Waals surface area contributed by atoms with E-state index in [4.69, 9.17) is 11.6 Å². The summed E-state index contributed by atoms with van der Waals surface area (Å²) in [4.78, 5) is 0. The SMILES string of the molecule is CCC(CC)CC(NC)c1ccc(Br)c(Cl)c1. The number of hydrogen-bond donors (Lipinski definition) is 1. The zero-order chi connectivity index (χ0) is 12.8. The number of hydrogen-bond acceptors (Lipinski definition) is 1. The zero-order valence-corrected chi connectivity index (χ0v) is 13.1. The van der Waals surface area contributed by atoms with E-state index >= 15 is 0 Å². The molecule has 1 unspecified atom stereocenters. The molecule has 0 aliphatic heterocycles. The maximum absolute atomic E-state index is 6.14. The second-order valence-electron chi connectivity index (χ2n) is 4.43. The first-order valence-electron chi connectivity index (χ1n) is 6.24. The molecular formula is C14H21BrClN. The van der Waals surface area contributed by atoms with Gasteiger partial charge in [-0.25, -0.2) is 0 Å². The summed E-state index contributed by atoms with van der Waals surface area (Å²) in [5.41, 5.74) is 1.27. The fraction of sp³-hybridized carbons (Fsp3) is 0.571. The van der Waals surface area contributed by atoms with Gasteiger partial charge in [-0.15, -0.1) is 0 Å². The second-order valence-corrected chi connectivity index (χ2v) is 5.69. The Morgan fingerprint density at radius 1 is 1.29 bits per heavy atom. The van der Waals surface area contributed by atoms with Crippen LogP contribution in [0.15, 0.2) is 22.7 Å². The normalized spacial score (nSPS) is 13.1. The maximum atomic E-state index is 6.14. The van der Waals surface area contributed by atoms with Crippen molar-refractivity contribution in [3.63, 3.8) is 0 Å². The van der Waals surface area contributed by atoms with Crippen LogP contribution in [0.2, 0.25) is 5.02 Å². The van der Waals surface area contributed by atoms with Gasteiger partial charge in [0.15, 0.2) is 0 Å². The van der Waals surface area contributed by atoms with Crippen LogP contribution in [0.25, 0.3) is 0 Å². The van der Waals surface area contributed by atoms with Crippen LogP contribution in [0, 0.1) is 5.92 Å². The van der Waals surface area contributed by atoms with E-state index in [-0.39, 0.29) is 0 Å². The molecule has 0 spiro atoms. The predicted molar refractivity (Wildman–Crippen MR) is 79.6 cm³/mol. The average Bonchev–Trinajstić information content (AvgIpc) is 2.35. The molecule has 1 nitrogen and oxygen atoms in total. The van der Waals surface area contributed by atoms with Crippen molar-refractivity contribution in [1.29, 1.82) is 0 Å². The minimum atomic E-state index is 0.394. The summed E-state index contributed by atoms with van der Waals surface area (Å²) in [6.45, 7) is 4.52. The summed E-state index contributed by atoms with van der Waals surface area (Å²) in [6.07, 6.45) is 3.64. The summed E-state index contributed by atoms with van der Waals surface area (Å²) in [7, 11) is 2.02. The van der Waals surface area contributed by atoms with Crippen LogP contribution in [0.5, 0.6) is 0 Å². The van der Waals surface area contributed by atoms with Gasteiger partial charge in [0.05, 0.1) is 5.02 Å². The lowest BCUT2D eigenvalue weighted by Gasteiger charge is -2.22. The van der Waals surface area contributed by atoms with Crippen molar-refractivity contribution in [2.45, 2.75) is 39.2 Å². The second kappa shape index (κ2) is 7.40. The average molecular weight is 319 g/mol. The third-order valence-electron chi connectivity index (χ3n) is 3.42. The van der Waals surface area contributed by atoms with E-state index in [2.05, 4.69) is 47.2 Å². The Morgan fingerprint density at radius 2 is 1.94 bits per heavy atom. The summed E-state index contributed by atoms with van der Waals surface area (Å²) in [5.74, 6) is 0.773. The monoisotopic (exact) mass is 317 g/mol. The largest absolute Gasteiger partial charge is 0.313 e. The topological polar surface area (TPSA) is 12.0 Å². The molecule has 0 aromatic heterocycles.